The Morgan fingerprint density at radius 1 is 1.56 bits per heavy atom. The van der Waals surface area contributed by atoms with Gasteiger partial charge in [0.25, 0.3) is 0 Å². The molecule has 2 unspecified atom stereocenters. The van der Waals surface area contributed by atoms with Crippen LogP contribution >= 0.6 is 0 Å². The second-order valence-corrected chi connectivity index (χ2v) is 4.88. The molecule has 0 aromatic carbocycles. The summed E-state index contributed by atoms with van der Waals surface area (Å²) in [5.74, 6) is 1.75. The highest BCUT2D eigenvalue weighted by Crippen LogP contribution is 2.28. The lowest BCUT2D eigenvalue weighted by atomic mass is 10.4. The Bertz CT molecular complexity index is 371. The molecule has 2 atom stereocenters. The highest BCUT2D eigenvalue weighted by molar-refractivity contribution is 5.80. The number of nitrogens with zero attached hydrogens (tertiary/aromatic N) is 3. The largest absolute Gasteiger partial charge is 0.357 e. The quantitative estimate of drug-likeness (QED) is 0.453. The fourth-order valence-corrected chi connectivity index (χ4v) is 1.88. The van der Waals surface area contributed by atoms with Crippen LogP contribution < -0.4 is 10.6 Å². The number of imidazole rings is 1. The van der Waals surface area contributed by atoms with Crippen LogP contribution in [0, 0.1) is 5.92 Å². The summed E-state index contributed by atoms with van der Waals surface area (Å²) in [5, 5.41) is 6.74. The number of rotatable bonds is 6. The van der Waals surface area contributed by atoms with E-state index in [9.17, 15) is 0 Å². The van der Waals surface area contributed by atoms with Crippen LogP contribution in [0.1, 0.15) is 26.7 Å². The Kier molecular flexibility index (Phi) is 4.61. The van der Waals surface area contributed by atoms with Crippen molar-refractivity contribution in [3.05, 3.63) is 18.7 Å². The van der Waals surface area contributed by atoms with Gasteiger partial charge >= 0.3 is 0 Å². The van der Waals surface area contributed by atoms with Gasteiger partial charge in [0.1, 0.15) is 0 Å². The van der Waals surface area contributed by atoms with Gasteiger partial charge in [-0.1, -0.05) is 6.92 Å². The van der Waals surface area contributed by atoms with E-state index in [2.05, 4.69) is 39.0 Å². The van der Waals surface area contributed by atoms with Crippen molar-refractivity contribution < 1.29 is 0 Å². The van der Waals surface area contributed by atoms with Crippen molar-refractivity contribution >= 4 is 5.96 Å². The van der Waals surface area contributed by atoms with E-state index in [1.807, 2.05) is 18.7 Å². The highest BCUT2D eigenvalue weighted by Gasteiger charge is 2.33. The monoisotopic (exact) mass is 249 g/mol. The summed E-state index contributed by atoms with van der Waals surface area (Å²) in [6.45, 7) is 7.09. The number of hydrogen-bond donors (Lipinski definition) is 2. The molecule has 1 fully saturated rings. The second kappa shape index (κ2) is 6.42. The molecule has 0 amide bonds. The van der Waals surface area contributed by atoms with E-state index < -0.39 is 0 Å². The third-order valence-electron chi connectivity index (χ3n) is 3.18. The van der Waals surface area contributed by atoms with Crippen LogP contribution in [0.2, 0.25) is 0 Å². The summed E-state index contributed by atoms with van der Waals surface area (Å²) in [5.41, 5.74) is 0. The molecule has 1 aromatic rings. The van der Waals surface area contributed by atoms with E-state index in [0.717, 1.165) is 37.9 Å². The molecule has 1 aliphatic carbocycles. The molecule has 100 valence electrons. The van der Waals surface area contributed by atoms with E-state index in [1.54, 1.807) is 0 Å². The third kappa shape index (κ3) is 4.05. The molecule has 0 saturated heterocycles. The lowest BCUT2D eigenvalue weighted by Crippen LogP contribution is -2.39. The molecule has 1 aromatic heterocycles. The average molecular weight is 249 g/mol. The van der Waals surface area contributed by atoms with E-state index in [4.69, 9.17) is 0 Å². The van der Waals surface area contributed by atoms with Crippen LogP contribution in [0.25, 0.3) is 0 Å². The van der Waals surface area contributed by atoms with Crippen LogP contribution in [-0.4, -0.2) is 34.6 Å². The lowest BCUT2D eigenvalue weighted by Gasteiger charge is -2.10. The summed E-state index contributed by atoms with van der Waals surface area (Å²) in [7, 11) is 0. The van der Waals surface area contributed by atoms with Crippen molar-refractivity contribution in [1.29, 1.82) is 0 Å². The zero-order valence-corrected chi connectivity index (χ0v) is 11.3. The van der Waals surface area contributed by atoms with Gasteiger partial charge in [0.15, 0.2) is 5.96 Å². The molecular weight excluding hydrogens is 226 g/mol. The summed E-state index contributed by atoms with van der Waals surface area (Å²) < 4.78 is 2.08. The number of hydrogen-bond acceptors (Lipinski definition) is 2. The molecule has 2 rings (SSSR count). The zero-order chi connectivity index (χ0) is 12.8. The normalized spacial score (nSPS) is 22.9. The second-order valence-electron chi connectivity index (χ2n) is 4.88. The van der Waals surface area contributed by atoms with Crippen LogP contribution in [0.15, 0.2) is 23.7 Å². The van der Waals surface area contributed by atoms with Crippen LogP contribution in [0.4, 0.5) is 0 Å². The van der Waals surface area contributed by atoms with Gasteiger partial charge in [-0.25, -0.2) is 4.98 Å². The highest BCUT2D eigenvalue weighted by atomic mass is 15.2. The Morgan fingerprint density at radius 3 is 3.00 bits per heavy atom. The number of aliphatic imine (C=N–C) groups is 1. The topological polar surface area (TPSA) is 54.2 Å². The molecule has 1 aliphatic rings. The number of aryl methyl sites for hydroxylation is 1. The van der Waals surface area contributed by atoms with Gasteiger partial charge in [-0.05, 0) is 25.7 Å². The van der Waals surface area contributed by atoms with Gasteiger partial charge < -0.3 is 15.2 Å². The first kappa shape index (κ1) is 12.9. The van der Waals surface area contributed by atoms with Gasteiger partial charge in [-0.2, -0.15) is 0 Å². The van der Waals surface area contributed by atoms with Crippen molar-refractivity contribution in [2.24, 2.45) is 10.9 Å². The molecule has 0 radical (unpaired) electrons. The predicted octanol–water partition coefficient (Wildman–Crippen LogP) is 1.24. The first-order valence-corrected chi connectivity index (χ1v) is 6.80. The lowest BCUT2D eigenvalue weighted by molar-refractivity contribution is 0.646. The number of guanidine groups is 1. The van der Waals surface area contributed by atoms with Crippen LogP contribution in [-0.2, 0) is 6.54 Å². The molecular formula is C13H23N5. The average Bonchev–Trinajstić information content (AvgIpc) is 2.84. The zero-order valence-electron chi connectivity index (χ0n) is 11.3. The van der Waals surface area contributed by atoms with Crippen LogP contribution in [0.3, 0.4) is 0 Å². The number of nitrogens with one attached hydrogen (secondary N) is 2. The van der Waals surface area contributed by atoms with Crippen molar-refractivity contribution in [3.8, 4) is 0 Å². The molecule has 5 nitrogen and oxygen atoms in total. The minimum Gasteiger partial charge on any atom is -0.357 e. The van der Waals surface area contributed by atoms with Crippen molar-refractivity contribution in [2.75, 3.05) is 13.1 Å². The fraction of sp³-hybridized carbons (Fsp3) is 0.692. The molecule has 2 N–H and O–H groups in total. The Hall–Kier alpha value is -1.52. The first-order chi connectivity index (χ1) is 8.79. The maximum absolute atomic E-state index is 4.59. The Morgan fingerprint density at radius 2 is 2.39 bits per heavy atom. The van der Waals surface area contributed by atoms with E-state index >= 15 is 0 Å². The van der Waals surface area contributed by atoms with Gasteiger partial charge in [-0.15, -0.1) is 0 Å². The SMILES string of the molecule is CCNC(=NCCCn1ccnc1)NC1CC1C. The molecule has 0 aliphatic heterocycles. The summed E-state index contributed by atoms with van der Waals surface area (Å²) in [6.07, 6.45) is 7.94. The first-order valence-electron chi connectivity index (χ1n) is 6.80. The molecule has 18 heavy (non-hydrogen) atoms. The Labute approximate surface area is 109 Å². The maximum atomic E-state index is 4.59. The van der Waals surface area contributed by atoms with E-state index in [1.165, 1.54) is 6.42 Å². The minimum atomic E-state index is 0.622. The van der Waals surface area contributed by atoms with Crippen molar-refractivity contribution in [2.45, 2.75) is 39.3 Å². The molecule has 5 heteroatoms. The molecule has 1 heterocycles. The summed E-state index contributed by atoms with van der Waals surface area (Å²) in [4.78, 5) is 8.61. The molecule has 1 saturated carbocycles. The van der Waals surface area contributed by atoms with Gasteiger partial charge in [-0.3, -0.25) is 4.99 Å². The summed E-state index contributed by atoms with van der Waals surface area (Å²) >= 11 is 0. The van der Waals surface area contributed by atoms with E-state index in [-0.39, 0.29) is 0 Å². The van der Waals surface area contributed by atoms with Crippen molar-refractivity contribution in [1.82, 2.24) is 20.2 Å². The van der Waals surface area contributed by atoms with Crippen LogP contribution in [0.5, 0.6) is 0 Å². The van der Waals surface area contributed by atoms with Gasteiger partial charge in [0.05, 0.1) is 6.33 Å². The Balaban J connectivity index is 1.70. The number of aromatic nitrogens is 2. The smallest absolute Gasteiger partial charge is 0.191 e. The standard InChI is InChI=1S/C13H23N5/c1-3-15-13(17-12-9-11(12)2)16-5-4-7-18-8-6-14-10-18/h6,8,10-12H,3-5,7,9H2,1-2H3,(H2,15,16,17). The van der Waals surface area contributed by atoms with Crippen molar-refractivity contribution in [3.63, 3.8) is 0 Å². The minimum absolute atomic E-state index is 0.622. The van der Waals surface area contributed by atoms with Gasteiger partial charge in [0, 0.05) is 38.1 Å². The maximum Gasteiger partial charge on any atom is 0.191 e. The van der Waals surface area contributed by atoms with E-state index in [0.29, 0.717) is 6.04 Å². The summed E-state index contributed by atoms with van der Waals surface area (Å²) in [6, 6.07) is 0.622. The molecule has 0 bridgehead atoms. The third-order valence-corrected chi connectivity index (χ3v) is 3.18. The molecule has 0 spiro atoms. The van der Waals surface area contributed by atoms with Gasteiger partial charge in [0.2, 0.25) is 0 Å². The fourth-order valence-electron chi connectivity index (χ4n) is 1.88. The predicted molar refractivity (Wildman–Crippen MR) is 73.5 cm³/mol.